The second-order valence-electron chi connectivity index (χ2n) is 6.86. The Balaban J connectivity index is 1.60. The molecule has 0 aromatic carbocycles. The van der Waals surface area contributed by atoms with Gasteiger partial charge in [0.2, 0.25) is 0 Å². The summed E-state index contributed by atoms with van der Waals surface area (Å²) in [6.07, 6.45) is 9.94. The molecule has 3 N–H and O–H groups in total. The zero-order valence-corrected chi connectivity index (χ0v) is 13.1. The van der Waals surface area contributed by atoms with E-state index >= 15 is 0 Å². The van der Waals surface area contributed by atoms with Crippen LogP contribution >= 0.6 is 0 Å². The Hall–Kier alpha value is -0.810. The molecule has 5 heteroatoms. The molecule has 0 aromatic rings. The van der Waals surface area contributed by atoms with Crippen LogP contribution in [0.3, 0.4) is 0 Å². The summed E-state index contributed by atoms with van der Waals surface area (Å²) in [5.41, 5.74) is 6.31. The maximum Gasteiger partial charge on any atom is 0.188 e. The Labute approximate surface area is 128 Å². The van der Waals surface area contributed by atoms with E-state index in [1.807, 2.05) is 0 Å². The highest BCUT2D eigenvalue weighted by Crippen LogP contribution is 2.31. The Kier molecular flexibility index (Phi) is 5.01. The van der Waals surface area contributed by atoms with Crippen molar-refractivity contribution in [3.8, 4) is 0 Å². The van der Waals surface area contributed by atoms with Crippen molar-refractivity contribution < 1.29 is 4.74 Å². The fourth-order valence-corrected chi connectivity index (χ4v) is 4.07. The van der Waals surface area contributed by atoms with Crippen LogP contribution in [0.15, 0.2) is 4.99 Å². The fourth-order valence-electron chi connectivity index (χ4n) is 4.07. The highest BCUT2D eigenvalue weighted by Gasteiger charge is 2.39. The van der Waals surface area contributed by atoms with Crippen LogP contribution in [0.2, 0.25) is 0 Å². The Morgan fingerprint density at radius 2 is 1.81 bits per heavy atom. The molecule has 1 saturated carbocycles. The SMILES string of the molecule is NC(=NCC1(N2CCCC2)CCOCC1)NC1CCCC1. The molecule has 3 aliphatic rings. The first-order chi connectivity index (χ1) is 10.3. The number of hydrogen-bond donors (Lipinski definition) is 2. The molecule has 5 nitrogen and oxygen atoms in total. The smallest absolute Gasteiger partial charge is 0.188 e. The molecule has 0 bridgehead atoms. The summed E-state index contributed by atoms with van der Waals surface area (Å²) in [5, 5.41) is 3.40. The second-order valence-corrected chi connectivity index (χ2v) is 6.86. The van der Waals surface area contributed by atoms with Gasteiger partial charge < -0.3 is 15.8 Å². The van der Waals surface area contributed by atoms with Gasteiger partial charge in [0.1, 0.15) is 0 Å². The van der Waals surface area contributed by atoms with Crippen LogP contribution in [-0.4, -0.2) is 55.3 Å². The normalized spacial score (nSPS) is 28.1. The van der Waals surface area contributed by atoms with E-state index < -0.39 is 0 Å². The van der Waals surface area contributed by atoms with E-state index in [0.717, 1.165) is 32.6 Å². The maximum absolute atomic E-state index is 6.12. The van der Waals surface area contributed by atoms with Gasteiger partial charge in [-0.15, -0.1) is 0 Å². The molecule has 2 saturated heterocycles. The standard InChI is InChI=1S/C16H30N4O/c17-15(19-14-5-1-2-6-14)18-13-16(7-11-21-12-8-16)20-9-3-4-10-20/h14H,1-13H2,(H3,17,18,19). The first-order valence-corrected chi connectivity index (χ1v) is 8.68. The van der Waals surface area contributed by atoms with E-state index in [2.05, 4.69) is 10.2 Å². The molecule has 0 radical (unpaired) electrons. The van der Waals surface area contributed by atoms with E-state index in [9.17, 15) is 0 Å². The topological polar surface area (TPSA) is 62.9 Å². The minimum atomic E-state index is 0.191. The highest BCUT2D eigenvalue weighted by molar-refractivity contribution is 5.78. The second kappa shape index (κ2) is 6.97. The third-order valence-corrected chi connectivity index (χ3v) is 5.45. The lowest BCUT2D eigenvalue weighted by Crippen LogP contribution is -2.54. The van der Waals surface area contributed by atoms with Crippen molar-refractivity contribution in [1.29, 1.82) is 0 Å². The number of guanidine groups is 1. The zero-order valence-electron chi connectivity index (χ0n) is 13.1. The molecule has 0 amide bonds. The monoisotopic (exact) mass is 294 g/mol. The summed E-state index contributed by atoms with van der Waals surface area (Å²) >= 11 is 0. The predicted octanol–water partition coefficient (Wildman–Crippen LogP) is 1.48. The molecule has 2 heterocycles. The van der Waals surface area contributed by atoms with Gasteiger partial charge in [-0.05, 0) is 51.6 Å². The number of nitrogens with zero attached hydrogens (tertiary/aromatic N) is 2. The molecule has 3 rings (SSSR count). The van der Waals surface area contributed by atoms with Gasteiger partial charge in [-0.3, -0.25) is 9.89 Å². The molecule has 21 heavy (non-hydrogen) atoms. The van der Waals surface area contributed by atoms with Crippen molar-refractivity contribution in [2.75, 3.05) is 32.8 Å². The molecule has 2 aliphatic heterocycles. The first kappa shape index (κ1) is 15.1. The van der Waals surface area contributed by atoms with Crippen LogP contribution < -0.4 is 11.1 Å². The van der Waals surface area contributed by atoms with Crippen LogP contribution in [-0.2, 0) is 4.74 Å². The molecule has 0 aromatic heterocycles. The molecule has 3 fully saturated rings. The number of nitrogens with one attached hydrogen (secondary N) is 1. The fraction of sp³-hybridized carbons (Fsp3) is 0.938. The molecule has 120 valence electrons. The van der Waals surface area contributed by atoms with Crippen LogP contribution in [0.25, 0.3) is 0 Å². The minimum Gasteiger partial charge on any atom is -0.381 e. The zero-order chi connectivity index (χ0) is 14.5. The van der Waals surface area contributed by atoms with E-state index in [-0.39, 0.29) is 5.54 Å². The van der Waals surface area contributed by atoms with Crippen molar-refractivity contribution in [2.24, 2.45) is 10.7 Å². The number of rotatable bonds is 4. The molecular formula is C16H30N4O. The van der Waals surface area contributed by atoms with Crippen molar-refractivity contribution >= 4 is 5.96 Å². The van der Waals surface area contributed by atoms with Crippen LogP contribution in [0.5, 0.6) is 0 Å². The molecule has 1 aliphatic carbocycles. The molecule has 0 spiro atoms. The third kappa shape index (κ3) is 3.69. The van der Waals surface area contributed by atoms with Crippen molar-refractivity contribution in [3.63, 3.8) is 0 Å². The number of likely N-dealkylation sites (tertiary alicyclic amines) is 1. The Morgan fingerprint density at radius 1 is 1.14 bits per heavy atom. The number of ether oxygens (including phenoxy) is 1. The van der Waals surface area contributed by atoms with Crippen LogP contribution in [0.4, 0.5) is 0 Å². The van der Waals surface area contributed by atoms with Gasteiger partial charge in [0.25, 0.3) is 0 Å². The number of nitrogens with two attached hydrogens (primary N) is 1. The summed E-state index contributed by atoms with van der Waals surface area (Å²) in [6, 6.07) is 0.547. The van der Waals surface area contributed by atoms with Crippen molar-refractivity contribution in [1.82, 2.24) is 10.2 Å². The van der Waals surface area contributed by atoms with Gasteiger partial charge in [0.05, 0.1) is 6.54 Å². The quantitative estimate of drug-likeness (QED) is 0.609. The molecular weight excluding hydrogens is 264 g/mol. The number of hydrogen-bond acceptors (Lipinski definition) is 3. The molecule has 0 atom stereocenters. The summed E-state index contributed by atoms with van der Waals surface area (Å²) in [6.45, 7) is 4.98. The van der Waals surface area contributed by atoms with E-state index in [1.165, 1.54) is 51.6 Å². The van der Waals surface area contributed by atoms with Gasteiger partial charge in [-0.25, -0.2) is 0 Å². The average molecular weight is 294 g/mol. The van der Waals surface area contributed by atoms with Crippen LogP contribution in [0.1, 0.15) is 51.4 Å². The highest BCUT2D eigenvalue weighted by atomic mass is 16.5. The summed E-state index contributed by atoms with van der Waals surface area (Å²) < 4.78 is 5.58. The van der Waals surface area contributed by atoms with E-state index in [1.54, 1.807) is 0 Å². The summed E-state index contributed by atoms with van der Waals surface area (Å²) in [5.74, 6) is 0.645. The third-order valence-electron chi connectivity index (χ3n) is 5.45. The lowest BCUT2D eigenvalue weighted by molar-refractivity contribution is -0.0138. The average Bonchev–Trinajstić information content (AvgIpc) is 3.19. The lowest BCUT2D eigenvalue weighted by atomic mass is 9.88. The van der Waals surface area contributed by atoms with E-state index in [4.69, 9.17) is 15.5 Å². The van der Waals surface area contributed by atoms with Gasteiger partial charge in [-0.1, -0.05) is 12.8 Å². The minimum absolute atomic E-state index is 0.191. The lowest BCUT2D eigenvalue weighted by Gasteiger charge is -2.43. The summed E-state index contributed by atoms with van der Waals surface area (Å²) in [4.78, 5) is 7.35. The van der Waals surface area contributed by atoms with Gasteiger partial charge in [0.15, 0.2) is 5.96 Å². The van der Waals surface area contributed by atoms with E-state index in [0.29, 0.717) is 12.0 Å². The maximum atomic E-state index is 6.12. The van der Waals surface area contributed by atoms with Gasteiger partial charge in [0, 0.05) is 24.8 Å². The first-order valence-electron chi connectivity index (χ1n) is 8.68. The Bertz CT molecular complexity index is 353. The van der Waals surface area contributed by atoms with Crippen LogP contribution in [0, 0.1) is 0 Å². The molecule has 0 unspecified atom stereocenters. The summed E-state index contributed by atoms with van der Waals surface area (Å²) in [7, 11) is 0. The largest absolute Gasteiger partial charge is 0.381 e. The Morgan fingerprint density at radius 3 is 2.48 bits per heavy atom. The predicted molar refractivity (Wildman–Crippen MR) is 85.5 cm³/mol. The van der Waals surface area contributed by atoms with Gasteiger partial charge >= 0.3 is 0 Å². The van der Waals surface area contributed by atoms with Crippen molar-refractivity contribution in [3.05, 3.63) is 0 Å². The number of aliphatic imine (C=N–C) groups is 1. The van der Waals surface area contributed by atoms with Gasteiger partial charge in [-0.2, -0.15) is 0 Å². The van der Waals surface area contributed by atoms with Crippen molar-refractivity contribution in [2.45, 2.75) is 62.9 Å².